The molecule has 88 valence electrons. The Hall–Kier alpha value is -1.98. The van der Waals surface area contributed by atoms with Gasteiger partial charge in [-0.2, -0.15) is 0 Å². The van der Waals surface area contributed by atoms with E-state index in [1.165, 1.54) is 0 Å². The summed E-state index contributed by atoms with van der Waals surface area (Å²) in [5, 5.41) is 7.99. The number of fused-ring (bicyclic) bond motifs is 1. The highest BCUT2D eigenvalue weighted by molar-refractivity contribution is 5.71. The average Bonchev–Trinajstić information content (AvgIpc) is 2.85. The maximum absolute atomic E-state index is 13.2. The lowest BCUT2D eigenvalue weighted by molar-refractivity contribution is 0.509. The molecule has 2 N–H and O–H groups in total. The molecule has 0 atom stereocenters. The number of hydrogen-bond donors (Lipinski definition) is 1. The van der Waals surface area contributed by atoms with E-state index in [1.54, 1.807) is 0 Å². The maximum Gasteiger partial charge on any atom is 0.166 e. The lowest BCUT2D eigenvalue weighted by Gasteiger charge is -2.06. The van der Waals surface area contributed by atoms with Gasteiger partial charge in [0.05, 0.1) is 0 Å². The molecule has 3 rings (SSSR count). The second-order valence-corrected chi connectivity index (χ2v) is 4.05. The van der Waals surface area contributed by atoms with Crippen LogP contribution in [-0.2, 0) is 13.0 Å². The van der Waals surface area contributed by atoms with Crippen molar-refractivity contribution in [3.63, 3.8) is 0 Å². The van der Waals surface area contributed by atoms with Crippen LogP contribution in [0.4, 0.5) is 14.5 Å². The van der Waals surface area contributed by atoms with E-state index in [2.05, 4.69) is 10.2 Å². The Labute approximate surface area is 96.1 Å². The molecule has 0 fully saturated rings. The smallest absolute Gasteiger partial charge is 0.166 e. The minimum absolute atomic E-state index is 0.172. The fraction of sp³-hybridized carbons (Fsp3) is 0.273. The van der Waals surface area contributed by atoms with Gasteiger partial charge in [0.2, 0.25) is 0 Å². The van der Waals surface area contributed by atoms with E-state index in [-0.39, 0.29) is 5.69 Å². The Balaban J connectivity index is 2.18. The molecular formula is C11H10F2N4. The first kappa shape index (κ1) is 10.2. The maximum atomic E-state index is 13.2. The number of aromatic nitrogens is 3. The summed E-state index contributed by atoms with van der Waals surface area (Å²) in [6, 6.07) is 2.04. The largest absolute Gasteiger partial charge is 0.398 e. The van der Waals surface area contributed by atoms with E-state index >= 15 is 0 Å². The van der Waals surface area contributed by atoms with Crippen LogP contribution in [0.5, 0.6) is 0 Å². The predicted molar refractivity (Wildman–Crippen MR) is 58.1 cm³/mol. The lowest BCUT2D eigenvalue weighted by Crippen LogP contribution is -2.01. The van der Waals surface area contributed by atoms with Crippen molar-refractivity contribution in [2.45, 2.75) is 19.4 Å². The Bertz CT molecular complexity index is 591. The normalized spacial score (nSPS) is 14.0. The summed E-state index contributed by atoms with van der Waals surface area (Å²) in [5.41, 5.74) is 6.25. The zero-order valence-electron chi connectivity index (χ0n) is 8.95. The van der Waals surface area contributed by atoms with Crippen LogP contribution in [0.2, 0.25) is 0 Å². The van der Waals surface area contributed by atoms with Gasteiger partial charge < -0.3 is 10.3 Å². The van der Waals surface area contributed by atoms with Gasteiger partial charge in [-0.05, 0) is 12.5 Å². The molecule has 1 aromatic heterocycles. The number of anilines is 1. The van der Waals surface area contributed by atoms with Crippen molar-refractivity contribution in [2.75, 3.05) is 5.73 Å². The molecule has 0 radical (unpaired) electrons. The summed E-state index contributed by atoms with van der Waals surface area (Å²) < 4.78 is 28.1. The van der Waals surface area contributed by atoms with Crippen LogP contribution < -0.4 is 5.73 Å². The summed E-state index contributed by atoms with van der Waals surface area (Å²) in [6.45, 7) is 0.788. The molecule has 2 heterocycles. The van der Waals surface area contributed by atoms with Crippen molar-refractivity contribution in [2.24, 2.45) is 0 Å². The van der Waals surface area contributed by atoms with Gasteiger partial charge in [-0.15, -0.1) is 10.2 Å². The van der Waals surface area contributed by atoms with E-state index in [0.29, 0.717) is 11.4 Å². The van der Waals surface area contributed by atoms with Crippen LogP contribution >= 0.6 is 0 Å². The minimum Gasteiger partial charge on any atom is -0.398 e. The molecule has 0 saturated heterocycles. The van der Waals surface area contributed by atoms with Crippen LogP contribution in [0, 0.1) is 11.6 Å². The van der Waals surface area contributed by atoms with Crippen LogP contribution in [0.25, 0.3) is 11.4 Å². The van der Waals surface area contributed by atoms with Gasteiger partial charge in [0, 0.05) is 30.3 Å². The molecule has 0 amide bonds. The van der Waals surface area contributed by atoms with E-state index in [1.807, 2.05) is 4.57 Å². The van der Waals surface area contributed by atoms with Crippen LogP contribution in [0.15, 0.2) is 12.1 Å². The summed E-state index contributed by atoms with van der Waals surface area (Å²) in [4.78, 5) is 0. The molecule has 0 saturated carbocycles. The van der Waals surface area contributed by atoms with E-state index < -0.39 is 11.6 Å². The van der Waals surface area contributed by atoms with E-state index in [9.17, 15) is 8.78 Å². The number of aryl methyl sites for hydroxylation is 1. The molecule has 0 bridgehead atoms. The second kappa shape index (κ2) is 3.51. The highest BCUT2D eigenvalue weighted by atomic mass is 19.2. The predicted octanol–water partition coefficient (Wildman–Crippen LogP) is 1.75. The molecule has 1 aromatic carbocycles. The van der Waals surface area contributed by atoms with Gasteiger partial charge >= 0.3 is 0 Å². The fourth-order valence-electron chi connectivity index (χ4n) is 2.11. The van der Waals surface area contributed by atoms with Crippen LogP contribution in [0.1, 0.15) is 12.2 Å². The SMILES string of the molecule is Nc1cc(F)c(F)cc1-c1nnc2n1CCC2. The zero-order valence-corrected chi connectivity index (χ0v) is 8.95. The van der Waals surface area contributed by atoms with Gasteiger partial charge in [-0.3, -0.25) is 0 Å². The minimum atomic E-state index is -0.951. The Kier molecular flexibility index (Phi) is 2.10. The molecule has 0 spiro atoms. The topological polar surface area (TPSA) is 56.7 Å². The van der Waals surface area contributed by atoms with Crippen molar-refractivity contribution >= 4 is 5.69 Å². The summed E-state index contributed by atoms with van der Waals surface area (Å²) >= 11 is 0. The third kappa shape index (κ3) is 1.48. The number of rotatable bonds is 1. The van der Waals surface area contributed by atoms with Crippen molar-refractivity contribution in [3.05, 3.63) is 29.6 Å². The molecule has 1 aliphatic heterocycles. The summed E-state index contributed by atoms with van der Waals surface area (Å²) in [5.74, 6) is -0.505. The number of nitrogens with two attached hydrogens (primary N) is 1. The third-order valence-electron chi connectivity index (χ3n) is 2.94. The fourth-order valence-corrected chi connectivity index (χ4v) is 2.11. The average molecular weight is 236 g/mol. The Morgan fingerprint density at radius 3 is 2.76 bits per heavy atom. The third-order valence-corrected chi connectivity index (χ3v) is 2.94. The van der Waals surface area contributed by atoms with Gasteiger partial charge in [0.1, 0.15) is 5.82 Å². The van der Waals surface area contributed by atoms with Gasteiger partial charge in [-0.1, -0.05) is 0 Å². The monoisotopic (exact) mass is 236 g/mol. The first-order valence-electron chi connectivity index (χ1n) is 5.34. The highest BCUT2D eigenvalue weighted by Crippen LogP contribution is 2.29. The summed E-state index contributed by atoms with van der Waals surface area (Å²) in [7, 11) is 0. The van der Waals surface area contributed by atoms with Crippen LogP contribution in [0.3, 0.4) is 0 Å². The number of halogens is 2. The van der Waals surface area contributed by atoms with Crippen LogP contribution in [-0.4, -0.2) is 14.8 Å². The van der Waals surface area contributed by atoms with E-state index in [4.69, 9.17) is 5.73 Å². The standard InChI is InChI=1S/C11H10F2N4/c12-7-4-6(9(14)5-8(7)13)11-16-15-10-2-1-3-17(10)11/h4-5H,1-3,14H2. The Morgan fingerprint density at radius 2 is 1.94 bits per heavy atom. The van der Waals surface area contributed by atoms with Crippen molar-refractivity contribution in [1.29, 1.82) is 0 Å². The van der Waals surface area contributed by atoms with Gasteiger partial charge in [0.25, 0.3) is 0 Å². The molecule has 0 aliphatic carbocycles. The molecule has 17 heavy (non-hydrogen) atoms. The van der Waals surface area contributed by atoms with Gasteiger partial charge in [-0.25, -0.2) is 8.78 Å². The molecule has 2 aromatic rings. The highest BCUT2D eigenvalue weighted by Gasteiger charge is 2.21. The zero-order chi connectivity index (χ0) is 12.0. The summed E-state index contributed by atoms with van der Waals surface area (Å²) in [6.07, 6.45) is 1.85. The molecule has 6 heteroatoms. The first-order chi connectivity index (χ1) is 8.16. The molecule has 4 nitrogen and oxygen atoms in total. The number of nitrogen functional groups attached to an aromatic ring is 1. The molecule has 1 aliphatic rings. The van der Waals surface area contributed by atoms with E-state index in [0.717, 1.165) is 37.3 Å². The number of nitrogens with zero attached hydrogens (tertiary/aromatic N) is 3. The van der Waals surface area contributed by atoms with Crippen molar-refractivity contribution in [1.82, 2.24) is 14.8 Å². The Morgan fingerprint density at radius 1 is 1.18 bits per heavy atom. The van der Waals surface area contributed by atoms with Gasteiger partial charge in [0.15, 0.2) is 17.5 Å². The van der Waals surface area contributed by atoms with Crippen molar-refractivity contribution in [3.8, 4) is 11.4 Å². The quantitative estimate of drug-likeness (QED) is 0.767. The molecular weight excluding hydrogens is 226 g/mol. The lowest BCUT2D eigenvalue weighted by atomic mass is 10.1. The number of benzene rings is 1. The van der Waals surface area contributed by atoms with Crippen molar-refractivity contribution < 1.29 is 8.78 Å². The molecule has 0 unspecified atom stereocenters. The first-order valence-corrected chi connectivity index (χ1v) is 5.34. The second-order valence-electron chi connectivity index (χ2n) is 4.05. The number of hydrogen-bond acceptors (Lipinski definition) is 3.